The molecule has 1 saturated carbocycles. The molecule has 0 amide bonds. The average molecular weight is 201 g/mol. The van der Waals surface area contributed by atoms with E-state index in [9.17, 15) is 0 Å². The Balaban J connectivity index is 2.11. The zero-order valence-corrected chi connectivity index (χ0v) is 8.86. The number of benzene rings is 1. The molecule has 0 bridgehead atoms. The summed E-state index contributed by atoms with van der Waals surface area (Å²) in [4.78, 5) is 0. The lowest BCUT2D eigenvalue weighted by atomic mass is 9.89. The van der Waals surface area contributed by atoms with Gasteiger partial charge in [-0.1, -0.05) is 6.07 Å². The van der Waals surface area contributed by atoms with Crippen molar-refractivity contribution in [1.29, 1.82) is 0 Å². The van der Waals surface area contributed by atoms with Gasteiger partial charge >= 0.3 is 0 Å². The van der Waals surface area contributed by atoms with E-state index in [0.29, 0.717) is 0 Å². The molecule has 0 saturated heterocycles. The monoisotopic (exact) mass is 201 g/mol. The number of nitrogens with two attached hydrogens (primary N) is 1. The van der Waals surface area contributed by atoms with E-state index in [4.69, 9.17) is 10.2 Å². The van der Waals surface area contributed by atoms with Crippen LogP contribution in [0.4, 0.5) is 0 Å². The number of hydrogen-bond donors (Lipinski definition) is 1. The summed E-state index contributed by atoms with van der Waals surface area (Å²) in [5.74, 6) is 0. The zero-order valence-electron chi connectivity index (χ0n) is 8.86. The fourth-order valence-corrected chi connectivity index (χ4v) is 2.42. The van der Waals surface area contributed by atoms with Crippen LogP contribution in [0.3, 0.4) is 0 Å². The van der Waals surface area contributed by atoms with Gasteiger partial charge in [0.05, 0.1) is 6.26 Å². The molecule has 2 heteroatoms. The Labute approximate surface area is 89.1 Å². The summed E-state index contributed by atoms with van der Waals surface area (Å²) in [5, 5.41) is 1.18. The van der Waals surface area contributed by atoms with Crippen LogP contribution >= 0.6 is 0 Å². The van der Waals surface area contributed by atoms with Gasteiger partial charge in [-0.25, -0.2) is 0 Å². The molecule has 1 atom stereocenters. The third-order valence-corrected chi connectivity index (χ3v) is 3.69. The molecule has 78 valence electrons. The molecule has 1 heterocycles. The summed E-state index contributed by atoms with van der Waals surface area (Å²) in [6, 6.07) is 8.67. The van der Waals surface area contributed by atoms with E-state index >= 15 is 0 Å². The van der Waals surface area contributed by atoms with Crippen molar-refractivity contribution in [2.45, 2.75) is 31.2 Å². The van der Waals surface area contributed by atoms with Crippen LogP contribution in [0.25, 0.3) is 11.0 Å². The van der Waals surface area contributed by atoms with Gasteiger partial charge in [0, 0.05) is 16.8 Å². The third-order valence-electron chi connectivity index (χ3n) is 3.69. The van der Waals surface area contributed by atoms with Gasteiger partial charge in [-0.05, 0) is 43.5 Å². The molecule has 2 aromatic rings. The van der Waals surface area contributed by atoms with Crippen molar-refractivity contribution in [3.8, 4) is 0 Å². The first-order valence-electron chi connectivity index (χ1n) is 5.46. The Morgan fingerprint density at radius 1 is 1.33 bits per heavy atom. The van der Waals surface area contributed by atoms with Crippen LogP contribution in [0.1, 0.15) is 25.3 Å². The van der Waals surface area contributed by atoms with E-state index < -0.39 is 0 Å². The number of rotatable bonds is 2. The van der Waals surface area contributed by atoms with E-state index in [-0.39, 0.29) is 11.5 Å². The second-order valence-corrected chi connectivity index (χ2v) is 4.62. The minimum Gasteiger partial charge on any atom is -0.464 e. The van der Waals surface area contributed by atoms with Crippen molar-refractivity contribution >= 4 is 11.0 Å². The lowest BCUT2D eigenvalue weighted by Crippen LogP contribution is -2.31. The quantitative estimate of drug-likeness (QED) is 0.811. The largest absolute Gasteiger partial charge is 0.464 e. The maximum atomic E-state index is 6.06. The molecule has 15 heavy (non-hydrogen) atoms. The topological polar surface area (TPSA) is 39.2 Å². The molecular formula is C13H15NO. The lowest BCUT2D eigenvalue weighted by molar-refractivity contribution is 0.556. The van der Waals surface area contributed by atoms with E-state index in [1.54, 1.807) is 6.26 Å². The van der Waals surface area contributed by atoms with Crippen LogP contribution in [0.5, 0.6) is 0 Å². The van der Waals surface area contributed by atoms with Gasteiger partial charge in [0.2, 0.25) is 0 Å². The second kappa shape index (κ2) is 2.86. The van der Waals surface area contributed by atoms with Gasteiger partial charge < -0.3 is 10.2 Å². The van der Waals surface area contributed by atoms with Crippen LogP contribution < -0.4 is 5.73 Å². The molecule has 0 radical (unpaired) electrons. The maximum Gasteiger partial charge on any atom is 0.133 e. The SMILES string of the molecule is CC(N)C1(c2ccc3occc3c2)CC1. The minimum atomic E-state index is 0.238. The number of furan rings is 1. The molecule has 2 N–H and O–H groups in total. The molecule has 1 fully saturated rings. The number of hydrogen-bond acceptors (Lipinski definition) is 2. The molecule has 3 rings (SSSR count). The lowest BCUT2D eigenvalue weighted by Gasteiger charge is -2.19. The van der Waals surface area contributed by atoms with Gasteiger partial charge in [-0.15, -0.1) is 0 Å². The molecule has 1 aliphatic carbocycles. The highest BCUT2D eigenvalue weighted by Crippen LogP contribution is 2.50. The van der Waals surface area contributed by atoms with Crippen molar-refractivity contribution in [3.05, 3.63) is 36.1 Å². The summed E-state index contributed by atoms with van der Waals surface area (Å²) >= 11 is 0. The first-order valence-corrected chi connectivity index (χ1v) is 5.46. The summed E-state index contributed by atoms with van der Waals surface area (Å²) in [6.07, 6.45) is 4.17. The van der Waals surface area contributed by atoms with E-state index in [1.165, 1.54) is 23.8 Å². The third kappa shape index (κ3) is 1.21. The first kappa shape index (κ1) is 8.98. The van der Waals surface area contributed by atoms with Crippen molar-refractivity contribution in [2.75, 3.05) is 0 Å². The predicted molar refractivity (Wildman–Crippen MR) is 60.8 cm³/mol. The molecule has 1 aliphatic rings. The van der Waals surface area contributed by atoms with Crippen LogP contribution in [0, 0.1) is 0 Å². The average Bonchev–Trinajstić information content (AvgIpc) is 2.91. The highest BCUT2D eigenvalue weighted by molar-refractivity contribution is 5.78. The van der Waals surface area contributed by atoms with Gasteiger partial charge in [0.25, 0.3) is 0 Å². The van der Waals surface area contributed by atoms with Crippen molar-refractivity contribution < 1.29 is 4.42 Å². The zero-order chi connectivity index (χ0) is 10.5. The Morgan fingerprint density at radius 2 is 2.13 bits per heavy atom. The minimum absolute atomic E-state index is 0.238. The van der Waals surface area contributed by atoms with Crippen molar-refractivity contribution in [3.63, 3.8) is 0 Å². The fourth-order valence-electron chi connectivity index (χ4n) is 2.42. The molecule has 1 aromatic carbocycles. The fraction of sp³-hybridized carbons (Fsp3) is 0.385. The molecule has 0 spiro atoms. The van der Waals surface area contributed by atoms with E-state index in [0.717, 1.165) is 5.58 Å². The Morgan fingerprint density at radius 3 is 2.80 bits per heavy atom. The molecule has 0 aliphatic heterocycles. The van der Waals surface area contributed by atoms with Gasteiger partial charge in [-0.2, -0.15) is 0 Å². The van der Waals surface area contributed by atoms with E-state index in [2.05, 4.69) is 19.1 Å². The van der Waals surface area contributed by atoms with Crippen LogP contribution in [-0.4, -0.2) is 6.04 Å². The van der Waals surface area contributed by atoms with Crippen molar-refractivity contribution in [2.24, 2.45) is 5.73 Å². The van der Waals surface area contributed by atoms with Crippen LogP contribution in [0.2, 0.25) is 0 Å². The Bertz CT molecular complexity index is 494. The molecular weight excluding hydrogens is 186 g/mol. The smallest absolute Gasteiger partial charge is 0.133 e. The van der Waals surface area contributed by atoms with Crippen LogP contribution in [0.15, 0.2) is 34.9 Å². The standard InChI is InChI=1S/C13H15NO/c1-9(14)13(5-6-13)11-2-3-12-10(8-11)4-7-15-12/h2-4,7-9H,5-6,14H2,1H3. The van der Waals surface area contributed by atoms with E-state index in [1.807, 2.05) is 12.1 Å². The molecule has 2 nitrogen and oxygen atoms in total. The normalized spacial score (nSPS) is 20.4. The van der Waals surface area contributed by atoms with Crippen LogP contribution in [-0.2, 0) is 5.41 Å². The van der Waals surface area contributed by atoms with Crippen molar-refractivity contribution in [1.82, 2.24) is 0 Å². The van der Waals surface area contributed by atoms with Gasteiger partial charge in [-0.3, -0.25) is 0 Å². The highest BCUT2D eigenvalue weighted by Gasteiger charge is 2.47. The summed E-state index contributed by atoms with van der Waals surface area (Å²) in [6.45, 7) is 2.10. The predicted octanol–water partition coefficient (Wildman–Crippen LogP) is 2.81. The number of fused-ring (bicyclic) bond motifs is 1. The first-order chi connectivity index (χ1) is 7.22. The van der Waals surface area contributed by atoms with Gasteiger partial charge in [0.1, 0.15) is 5.58 Å². The highest BCUT2D eigenvalue weighted by atomic mass is 16.3. The summed E-state index contributed by atoms with van der Waals surface area (Å²) in [5.41, 5.74) is 8.63. The summed E-state index contributed by atoms with van der Waals surface area (Å²) < 4.78 is 5.34. The maximum absolute atomic E-state index is 6.06. The molecule has 1 aromatic heterocycles. The van der Waals surface area contributed by atoms with Gasteiger partial charge in [0.15, 0.2) is 0 Å². The summed E-state index contributed by atoms with van der Waals surface area (Å²) in [7, 11) is 0. The Kier molecular flexibility index (Phi) is 1.71. The molecule has 1 unspecified atom stereocenters. The Hall–Kier alpha value is -1.28. The second-order valence-electron chi connectivity index (χ2n) is 4.62.